The Morgan fingerprint density at radius 2 is 2.25 bits per heavy atom. The van der Waals surface area contributed by atoms with Crippen LogP contribution in [0.25, 0.3) is 0 Å². The summed E-state index contributed by atoms with van der Waals surface area (Å²) >= 11 is 11.1. The molecule has 0 aromatic heterocycles. The number of nitro groups is 1. The van der Waals surface area contributed by atoms with Gasteiger partial charge in [0.1, 0.15) is 13.1 Å². The molecule has 10 heteroatoms. The molecule has 1 fully saturated rings. The van der Waals surface area contributed by atoms with Crippen LogP contribution in [0.4, 0.5) is 5.69 Å². The van der Waals surface area contributed by atoms with Gasteiger partial charge in [0.2, 0.25) is 0 Å². The third-order valence-electron chi connectivity index (χ3n) is 3.52. The Morgan fingerprint density at radius 3 is 2.96 bits per heavy atom. The average Bonchev–Trinajstić information content (AvgIpc) is 2.57. The number of benzene rings is 1. The SMILES string of the molecule is O=[N+]([O-])c1ccc(Cl)c(/C=N\NC(=S)NCC[NH+]2CCOCC2)c1. The second-order valence-electron chi connectivity index (χ2n) is 5.20. The lowest BCUT2D eigenvalue weighted by atomic mass is 10.2. The van der Waals surface area contributed by atoms with Crippen molar-refractivity contribution in [2.24, 2.45) is 5.10 Å². The Bertz CT molecular complexity index is 622. The highest BCUT2D eigenvalue weighted by molar-refractivity contribution is 7.80. The van der Waals surface area contributed by atoms with Crippen molar-refractivity contribution >= 4 is 40.8 Å². The zero-order valence-corrected chi connectivity index (χ0v) is 14.5. The van der Waals surface area contributed by atoms with Crippen LogP contribution in [0.15, 0.2) is 23.3 Å². The van der Waals surface area contributed by atoms with E-state index in [2.05, 4.69) is 15.8 Å². The number of thiocarbonyl (C=S) groups is 1. The first-order valence-electron chi connectivity index (χ1n) is 7.48. The second kappa shape index (κ2) is 9.48. The molecule has 130 valence electrons. The van der Waals surface area contributed by atoms with Gasteiger partial charge in [-0.3, -0.25) is 15.5 Å². The molecule has 1 heterocycles. The summed E-state index contributed by atoms with van der Waals surface area (Å²) in [6.45, 7) is 5.29. The van der Waals surface area contributed by atoms with Crippen molar-refractivity contribution in [2.45, 2.75) is 0 Å². The monoisotopic (exact) mass is 372 g/mol. The third-order valence-corrected chi connectivity index (χ3v) is 4.10. The molecule has 1 aromatic carbocycles. The van der Waals surface area contributed by atoms with Crippen molar-refractivity contribution in [1.29, 1.82) is 0 Å². The lowest BCUT2D eigenvalue weighted by Crippen LogP contribution is -3.14. The largest absolute Gasteiger partial charge is 0.370 e. The maximum Gasteiger partial charge on any atom is 0.270 e. The van der Waals surface area contributed by atoms with Gasteiger partial charge in [0.15, 0.2) is 5.11 Å². The van der Waals surface area contributed by atoms with Crippen molar-refractivity contribution in [3.63, 3.8) is 0 Å². The normalized spacial score (nSPS) is 15.4. The van der Waals surface area contributed by atoms with Crippen LogP contribution in [0.5, 0.6) is 0 Å². The number of hydrogen-bond acceptors (Lipinski definition) is 5. The van der Waals surface area contributed by atoms with E-state index in [9.17, 15) is 10.1 Å². The number of rotatable bonds is 6. The molecule has 2 rings (SSSR count). The fourth-order valence-electron chi connectivity index (χ4n) is 2.21. The van der Waals surface area contributed by atoms with E-state index < -0.39 is 4.92 Å². The minimum Gasteiger partial charge on any atom is -0.370 e. The van der Waals surface area contributed by atoms with E-state index in [1.165, 1.54) is 29.3 Å². The predicted molar refractivity (Wildman–Crippen MR) is 95.8 cm³/mol. The van der Waals surface area contributed by atoms with E-state index >= 15 is 0 Å². The molecule has 0 spiro atoms. The summed E-state index contributed by atoms with van der Waals surface area (Å²) in [5.41, 5.74) is 3.07. The van der Waals surface area contributed by atoms with Crippen LogP contribution < -0.4 is 15.6 Å². The summed E-state index contributed by atoms with van der Waals surface area (Å²) in [4.78, 5) is 11.7. The Hall–Kier alpha value is -1.81. The highest BCUT2D eigenvalue weighted by atomic mass is 35.5. The molecule has 1 aliphatic rings. The Labute approximate surface area is 149 Å². The molecule has 0 aliphatic carbocycles. The Balaban J connectivity index is 1.75. The highest BCUT2D eigenvalue weighted by Gasteiger charge is 2.12. The van der Waals surface area contributed by atoms with Crippen LogP contribution in [0.1, 0.15) is 5.56 Å². The molecule has 0 amide bonds. The van der Waals surface area contributed by atoms with Crippen molar-refractivity contribution in [3.05, 3.63) is 38.9 Å². The fourth-order valence-corrected chi connectivity index (χ4v) is 2.53. The molecule has 3 N–H and O–H groups in total. The quantitative estimate of drug-likeness (QED) is 0.281. The maximum atomic E-state index is 10.8. The number of quaternary nitrogens is 1. The first-order valence-corrected chi connectivity index (χ1v) is 8.27. The molecule has 0 unspecified atom stereocenters. The smallest absolute Gasteiger partial charge is 0.270 e. The summed E-state index contributed by atoms with van der Waals surface area (Å²) < 4.78 is 5.30. The molecular formula is C14H19ClN5O3S+. The van der Waals surface area contributed by atoms with Crippen molar-refractivity contribution in [1.82, 2.24) is 10.7 Å². The maximum absolute atomic E-state index is 10.8. The minimum atomic E-state index is -0.485. The number of nitrogens with one attached hydrogen (secondary N) is 3. The second-order valence-corrected chi connectivity index (χ2v) is 6.02. The number of ether oxygens (including phenoxy) is 1. The Morgan fingerprint density at radius 1 is 1.50 bits per heavy atom. The highest BCUT2D eigenvalue weighted by Crippen LogP contribution is 2.20. The zero-order valence-electron chi connectivity index (χ0n) is 13.0. The summed E-state index contributed by atoms with van der Waals surface area (Å²) in [5, 5.41) is 18.5. The number of nitro benzene ring substituents is 1. The Kier molecular flexibility index (Phi) is 7.32. The first-order chi connectivity index (χ1) is 11.6. The molecule has 0 saturated carbocycles. The van der Waals surface area contributed by atoms with Gasteiger partial charge in [-0.2, -0.15) is 5.10 Å². The molecule has 1 aliphatic heterocycles. The zero-order chi connectivity index (χ0) is 17.4. The molecule has 1 saturated heterocycles. The molecule has 0 radical (unpaired) electrons. The van der Waals surface area contributed by atoms with E-state index in [0.29, 0.717) is 15.7 Å². The van der Waals surface area contributed by atoms with Crippen molar-refractivity contribution in [2.75, 3.05) is 39.4 Å². The van der Waals surface area contributed by atoms with Crippen molar-refractivity contribution in [3.8, 4) is 0 Å². The lowest BCUT2D eigenvalue weighted by molar-refractivity contribution is -0.906. The molecule has 24 heavy (non-hydrogen) atoms. The fraction of sp³-hybridized carbons (Fsp3) is 0.429. The van der Waals surface area contributed by atoms with Gasteiger partial charge in [-0.15, -0.1) is 0 Å². The predicted octanol–water partition coefficient (Wildman–Crippen LogP) is -0.0387. The topological polar surface area (TPSA) is 93.2 Å². The van der Waals surface area contributed by atoms with Crippen LogP contribution in [-0.2, 0) is 4.74 Å². The summed E-state index contributed by atoms with van der Waals surface area (Å²) in [5.74, 6) is 0. The van der Waals surface area contributed by atoms with E-state index in [-0.39, 0.29) is 5.69 Å². The first kappa shape index (κ1) is 18.5. The third kappa shape index (κ3) is 6.00. The van der Waals surface area contributed by atoms with E-state index in [0.717, 1.165) is 39.4 Å². The van der Waals surface area contributed by atoms with Gasteiger partial charge in [-0.05, 0) is 18.3 Å². The van der Waals surface area contributed by atoms with Crippen LogP contribution >= 0.6 is 23.8 Å². The van der Waals surface area contributed by atoms with Crippen molar-refractivity contribution < 1.29 is 14.6 Å². The number of non-ortho nitro benzene ring substituents is 1. The van der Waals surface area contributed by atoms with Gasteiger partial charge in [0.05, 0.1) is 37.4 Å². The van der Waals surface area contributed by atoms with Gasteiger partial charge < -0.3 is 15.0 Å². The number of morpholine rings is 1. The van der Waals surface area contributed by atoms with E-state index in [1.807, 2.05) is 0 Å². The number of nitrogens with zero attached hydrogens (tertiary/aromatic N) is 2. The standard InChI is InChI=1S/C14H18ClN5O3S/c15-13-2-1-12(20(21)22)9-11(13)10-17-18-14(24)16-3-4-19-5-7-23-8-6-19/h1-2,9-10H,3-8H2,(H2,16,18,24)/p+1/b17-10-. The number of hydrogen-bond donors (Lipinski definition) is 3. The molecule has 8 nitrogen and oxygen atoms in total. The average molecular weight is 373 g/mol. The van der Waals surface area contributed by atoms with Gasteiger partial charge in [0, 0.05) is 22.7 Å². The van der Waals surface area contributed by atoms with Crippen LogP contribution in [0.2, 0.25) is 5.02 Å². The molecule has 0 atom stereocenters. The number of hydrazone groups is 1. The van der Waals surface area contributed by atoms with E-state index in [1.54, 1.807) is 0 Å². The molecular weight excluding hydrogens is 354 g/mol. The van der Waals surface area contributed by atoms with E-state index in [4.69, 9.17) is 28.6 Å². The minimum absolute atomic E-state index is 0.0463. The van der Waals surface area contributed by atoms with Gasteiger partial charge in [-0.25, -0.2) is 0 Å². The molecule has 0 bridgehead atoms. The summed E-state index contributed by atoms with van der Waals surface area (Å²) in [6, 6.07) is 4.15. The van der Waals surface area contributed by atoms with Gasteiger partial charge in [0.25, 0.3) is 5.69 Å². The van der Waals surface area contributed by atoms with Crippen LogP contribution in [-0.4, -0.2) is 55.6 Å². The van der Waals surface area contributed by atoms with Crippen LogP contribution in [0, 0.1) is 10.1 Å². The number of halogens is 1. The molecule has 1 aromatic rings. The lowest BCUT2D eigenvalue weighted by Gasteiger charge is -2.23. The van der Waals surface area contributed by atoms with Gasteiger partial charge in [-0.1, -0.05) is 11.6 Å². The van der Waals surface area contributed by atoms with Crippen LogP contribution in [0.3, 0.4) is 0 Å². The van der Waals surface area contributed by atoms with Gasteiger partial charge >= 0.3 is 0 Å². The summed E-state index contributed by atoms with van der Waals surface area (Å²) in [6.07, 6.45) is 1.40. The summed E-state index contributed by atoms with van der Waals surface area (Å²) in [7, 11) is 0.